The van der Waals surface area contributed by atoms with Crippen molar-refractivity contribution >= 4 is 15.9 Å². The highest BCUT2D eigenvalue weighted by atomic mass is 32.2. The largest absolute Gasteiger partial charge is 0.504 e. The van der Waals surface area contributed by atoms with Gasteiger partial charge in [0.2, 0.25) is 9.84 Å². The Kier molecular flexibility index (Phi) is 3.17. The van der Waals surface area contributed by atoms with Crippen molar-refractivity contribution < 1.29 is 22.7 Å². The minimum absolute atomic E-state index is 0.0337. The number of hydrogen-bond acceptors (Lipinski definition) is 4. The molecule has 108 valence electrons. The fourth-order valence-electron chi connectivity index (χ4n) is 2.10. The summed E-state index contributed by atoms with van der Waals surface area (Å²) < 4.78 is 43.0. The van der Waals surface area contributed by atoms with Crippen molar-refractivity contribution in [2.45, 2.75) is 4.90 Å². The molecule has 6 heteroatoms. The molecule has 0 spiro atoms. The van der Waals surface area contributed by atoms with E-state index in [0.29, 0.717) is 5.56 Å². The van der Waals surface area contributed by atoms with E-state index in [4.69, 9.17) is 4.74 Å². The van der Waals surface area contributed by atoms with E-state index in [-0.39, 0.29) is 27.9 Å². The van der Waals surface area contributed by atoms with E-state index < -0.39 is 15.7 Å². The molecule has 0 aromatic heterocycles. The van der Waals surface area contributed by atoms with E-state index in [1.54, 1.807) is 12.1 Å². The van der Waals surface area contributed by atoms with Crippen LogP contribution in [0.1, 0.15) is 5.56 Å². The van der Waals surface area contributed by atoms with Crippen molar-refractivity contribution in [3.8, 4) is 11.5 Å². The monoisotopic (exact) mass is 306 g/mol. The molecule has 0 radical (unpaired) electrons. The number of benzene rings is 2. The SMILES string of the molecule is O=S1(=O)C(COc2ccccc2O)=Cc2ccc(F)cc21. The summed E-state index contributed by atoms with van der Waals surface area (Å²) in [5.74, 6) is -0.485. The van der Waals surface area contributed by atoms with Crippen LogP contribution >= 0.6 is 0 Å². The summed E-state index contributed by atoms with van der Waals surface area (Å²) in [6, 6.07) is 9.88. The van der Waals surface area contributed by atoms with Gasteiger partial charge in [-0.25, -0.2) is 12.8 Å². The molecule has 0 fully saturated rings. The standard InChI is InChI=1S/C15H11FO4S/c16-11-6-5-10-7-12(21(18,19)15(10)8-11)9-20-14-4-2-1-3-13(14)17/h1-8,17H,9H2. The molecule has 1 aliphatic rings. The summed E-state index contributed by atoms with van der Waals surface area (Å²) in [6.45, 7) is -0.226. The van der Waals surface area contributed by atoms with Crippen molar-refractivity contribution in [2.24, 2.45) is 0 Å². The van der Waals surface area contributed by atoms with Crippen molar-refractivity contribution in [3.05, 3.63) is 58.8 Å². The maximum Gasteiger partial charge on any atom is 0.206 e. The quantitative estimate of drug-likeness (QED) is 0.947. The van der Waals surface area contributed by atoms with E-state index in [0.717, 1.165) is 6.07 Å². The summed E-state index contributed by atoms with van der Waals surface area (Å²) in [5.41, 5.74) is 0.437. The van der Waals surface area contributed by atoms with Crippen LogP contribution in [0, 0.1) is 5.82 Å². The number of phenols is 1. The molecular formula is C15H11FO4S. The average Bonchev–Trinajstić information content (AvgIpc) is 2.69. The molecule has 2 aromatic carbocycles. The van der Waals surface area contributed by atoms with E-state index >= 15 is 0 Å². The lowest BCUT2D eigenvalue weighted by molar-refractivity contribution is 0.333. The second-order valence-electron chi connectivity index (χ2n) is 4.55. The Balaban J connectivity index is 1.87. The zero-order chi connectivity index (χ0) is 15.0. The fourth-order valence-corrected chi connectivity index (χ4v) is 3.58. The van der Waals surface area contributed by atoms with Gasteiger partial charge < -0.3 is 9.84 Å². The highest BCUT2D eigenvalue weighted by Gasteiger charge is 2.30. The number of ether oxygens (including phenoxy) is 1. The van der Waals surface area contributed by atoms with E-state index in [1.807, 2.05) is 0 Å². The topological polar surface area (TPSA) is 63.6 Å². The number of halogens is 1. The van der Waals surface area contributed by atoms with Crippen LogP contribution in [-0.4, -0.2) is 20.1 Å². The molecule has 2 aromatic rings. The summed E-state index contributed by atoms with van der Waals surface area (Å²) >= 11 is 0. The predicted molar refractivity (Wildman–Crippen MR) is 75.2 cm³/mol. The first kappa shape index (κ1) is 13.6. The van der Waals surface area contributed by atoms with Crippen molar-refractivity contribution in [3.63, 3.8) is 0 Å². The number of para-hydroxylation sites is 2. The van der Waals surface area contributed by atoms with Crippen molar-refractivity contribution in [1.29, 1.82) is 0 Å². The molecule has 0 saturated carbocycles. The Morgan fingerprint density at radius 2 is 1.90 bits per heavy atom. The Labute approximate surface area is 121 Å². The lowest BCUT2D eigenvalue weighted by Gasteiger charge is -2.08. The van der Waals surface area contributed by atoms with Gasteiger partial charge in [-0.15, -0.1) is 0 Å². The maximum atomic E-state index is 13.2. The summed E-state index contributed by atoms with van der Waals surface area (Å²) in [6.07, 6.45) is 1.45. The van der Waals surface area contributed by atoms with Crippen LogP contribution < -0.4 is 4.74 Å². The van der Waals surface area contributed by atoms with Gasteiger partial charge >= 0.3 is 0 Å². The second-order valence-corrected chi connectivity index (χ2v) is 6.52. The molecule has 0 saturated heterocycles. The van der Waals surface area contributed by atoms with Crippen LogP contribution in [0.5, 0.6) is 11.5 Å². The van der Waals surface area contributed by atoms with Gasteiger partial charge in [0.25, 0.3) is 0 Å². The van der Waals surface area contributed by atoms with Crippen LogP contribution in [-0.2, 0) is 9.84 Å². The smallest absolute Gasteiger partial charge is 0.206 e. The Morgan fingerprint density at radius 3 is 2.67 bits per heavy atom. The third-order valence-corrected chi connectivity index (χ3v) is 5.02. The number of sulfone groups is 1. The molecule has 1 aliphatic heterocycles. The molecule has 4 nitrogen and oxygen atoms in total. The Bertz CT molecular complexity index is 841. The van der Waals surface area contributed by atoms with Crippen LogP contribution in [0.2, 0.25) is 0 Å². The third kappa shape index (κ3) is 2.38. The van der Waals surface area contributed by atoms with Crippen molar-refractivity contribution in [1.82, 2.24) is 0 Å². The van der Waals surface area contributed by atoms with Crippen LogP contribution in [0.25, 0.3) is 6.08 Å². The highest BCUT2D eigenvalue weighted by molar-refractivity contribution is 7.95. The Hall–Kier alpha value is -2.34. The van der Waals surface area contributed by atoms with Crippen LogP contribution in [0.4, 0.5) is 4.39 Å². The molecule has 1 N–H and O–H groups in total. The predicted octanol–water partition coefficient (Wildman–Crippen LogP) is 2.74. The van der Waals surface area contributed by atoms with Gasteiger partial charge in [0.1, 0.15) is 12.4 Å². The first-order chi connectivity index (χ1) is 9.98. The molecule has 1 heterocycles. The zero-order valence-electron chi connectivity index (χ0n) is 10.8. The van der Waals surface area contributed by atoms with Gasteiger partial charge in [-0.3, -0.25) is 0 Å². The lowest BCUT2D eigenvalue weighted by atomic mass is 10.2. The van der Waals surface area contributed by atoms with Gasteiger partial charge in [-0.1, -0.05) is 18.2 Å². The van der Waals surface area contributed by atoms with Gasteiger partial charge in [0, 0.05) is 0 Å². The van der Waals surface area contributed by atoms with Gasteiger partial charge in [-0.2, -0.15) is 0 Å². The van der Waals surface area contributed by atoms with Crippen LogP contribution in [0.3, 0.4) is 0 Å². The van der Waals surface area contributed by atoms with Gasteiger partial charge in [0.05, 0.1) is 9.80 Å². The maximum absolute atomic E-state index is 13.2. The highest BCUT2D eigenvalue weighted by Crippen LogP contribution is 2.34. The fraction of sp³-hybridized carbons (Fsp3) is 0.0667. The molecule has 3 rings (SSSR count). The van der Waals surface area contributed by atoms with E-state index in [9.17, 15) is 17.9 Å². The van der Waals surface area contributed by atoms with Gasteiger partial charge in [0.15, 0.2) is 11.5 Å². The number of aromatic hydroxyl groups is 1. The molecule has 0 amide bonds. The van der Waals surface area contributed by atoms with Gasteiger partial charge in [-0.05, 0) is 35.9 Å². The molecule has 0 atom stereocenters. The first-order valence-electron chi connectivity index (χ1n) is 6.14. The number of fused-ring (bicyclic) bond motifs is 1. The van der Waals surface area contributed by atoms with Crippen molar-refractivity contribution in [2.75, 3.05) is 6.61 Å². The summed E-state index contributed by atoms with van der Waals surface area (Å²) in [7, 11) is -3.74. The van der Waals surface area contributed by atoms with E-state index in [2.05, 4.69) is 0 Å². The second kappa shape index (κ2) is 4.89. The summed E-state index contributed by atoms with van der Waals surface area (Å²) in [5, 5.41) is 9.58. The average molecular weight is 306 g/mol. The number of hydrogen-bond donors (Lipinski definition) is 1. The zero-order valence-corrected chi connectivity index (χ0v) is 11.6. The molecule has 0 aliphatic carbocycles. The molecule has 0 unspecified atom stereocenters. The minimum atomic E-state index is -3.74. The first-order valence-corrected chi connectivity index (χ1v) is 7.63. The van der Waals surface area contributed by atoms with Crippen LogP contribution in [0.15, 0.2) is 52.3 Å². The normalized spacial score (nSPS) is 15.4. The molecular weight excluding hydrogens is 295 g/mol. The lowest BCUT2D eigenvalue weighted by Crippen LogP contribution is -2.09. The van der Waals surface area contributed by atoms with E-state index in [1.165, 1.54) is 30.3 Å². The molecule has 21 heavy (non-hydrogen) atoms. The Morgan fingerprint density at radius 1 is 1.14 bits per heavy atom. The number of phenolic OH excluding ortho intramolecular Hbond substituents is 1. The number of rotatable bonds is 3. The summed E-state index contributed by atoms with van der Waals surface area (Å²) in [4.78, 5) is -0.0234. The minimum Gasteiger partial charge on any atom is -0.504 e. The third-order valence-electron chi connectivity index (χ3n) is 3.16. The molecule has 0 bridgehead atoms.